The minimum absolute atomic E-state index is 0.198. The zero-order valence-corrected chi connectivity index (χ0v) is 18.9. The van der Waals surface area contributed by atoms with Gasteiger partial charge in [0.2, 0.25) is 0 Å². The number of hydrogen-bond donors (Lipinski definition) is 1. The number of nitrogens with zero attached hydrogens (tertiary/aromatic N) is 4. The summed E-state index contributed by atoms with van der Waals surface area (Å²) in [6.45, 7) is 5.71. The maximum absolute atomic E-state index is 12.5. The number of carbonyl (C=O) groups is 2. The summed E-state index contributed by atoms with van der Waals surface area (Å²) in [6, 6.07) is 12.5. The van der Waals surface area contributed by atoms with Gasteiger partial charge in [0, 0.05) is 49.5 Å². The molecule has 1 aliphatic heterocycles. The molecule has 0 atom stereocenters. The maximum atomic E-state index is 12.5. The molecule has 168 valence electrons. The van der Waals surface area contributed by atoms with Crippen LogP contribution in [-0.4, -0.2) is 64.1 Å². The molecule has 32 heavy (non-hydrogen) atoms. The molecule has 0 radical (unpaired) electrons. The molecule has 1 aliphatic rings. The van der Waals surface area contributed by atoms with Crippen LogP contribution >= 0.6 is 11.6 Å². The Morgan fingerprint density at radius 3 is 2.50 bits per heavy atom. The first kappa shape index (κ1) is 22.1. The van der Waals surface area contributed by atoms with Crippen molar-refractivity contribution in [3.8, 4) is 0 Å². The second-order valence-electron chi connectivity index (χ2n) is 7.71. The second-order valence-corrected chi connectivity index (χ2v) is 8.15. The van der Waals surface area contributed by atoms with E-state index in [-0.39, 0.29) is 12.0 Å². The molecule has 4 rings (SSSR count). The molecule has 0 aliphatic carbocycles. The SMILES string of the molecule is CCOC(=O)N1CCN(Cc2nc3cc(NC(=O)c4ccc(Cl)cc4)ccc3n2C)CC1. The third-order valence-corrected chi connectivity index (χ3v) is 5.85. The molecule has 0 bridgehead atoms. The van der Waals surface area contributed by atoms with Crippen LogP contribution < -0.4 is 5.32 Å². The topological polar surface area (TPSA) is 79.7 Å². The number of anilines is 1. The predicted molar refractivity (Wildman–Crippen MR) is 124 cm³/mol. The van der Waals surface area contributed by atoms with E-state index < -0.39 is 0 Å². The van der Waals surface area contributed by atoms with E-state index in [4.69, 9.17) is 21.3 Å². The lowest BCUT2D eigenvalue weighted by Gasteiger charge is -2.33. The number of carbonyl (C=O) groups excluding carboxylic acids is 2. The molecule has 1 aromatic heterocycles. The highest BCUT2D eigenvalue weighted by Gasteiger charge is 2.23. The summed E-state index contributed by atoms with van der Waals surface area (Å²) in [5.74, 6) is 0.738. The average Bonchev–Trinajstić information content (AvgIpc) is 3.09. The van der Waals surface area contributed by atoms with E-state index in [9.17, 15) is 9.59 Å². The Labute approximate surface area is 191 Å². The van der Waals surface area contributed by atoms with E-state index in [1.165, 1.54) is 0 Å². The fourth-order valence-electron chi connectivity index (χ4n) is 3.78. The fourth-order valence-corrected chi connectivity index (χ4v) is 3.90. The van der Waals surface area contributed by atoms with Crippen LogP contribution in [0, 0.1) is 0 Å². The Bertz CT molecular complexity index is 1120. The van der Waals surface area contributed by atoms with Gasteiger partial charge in [-0.15, -0.1) is 0 Å². The molecule has 1 N–H and O–H groups in total. The van der Waals surface area contributed by atoms with E-state index in [0.717, 1.165) is 29.9 Å². The van der Waals surface area contributed by atoms with Gasteiger partial charge in [0.15, 0.2) is 0 Å². The van der Waals surface area contributed by atoms with Crippen LogP contribution in [0.2, 0.25) is 5.02 Å². The molecule has 8 nitrogen and oxygen atoms in total. The van der Waals surface area contributed by atoms with E-state index >= 15 is 0 Å². The molecule has 2 amide bonds. The van der Waals surface area contributed by atoms with Crippen molar-refractivity contribution in [1.82, 2.24) is 19.4 Å². The minimum atomic E-state index is -0.247. The molecule has 1 fully saturated rings. The van der Waals surface area contributed by atoms with Gasteiger partial charge in [-0.05, 0) is 49.4 Å². The third kappa shape index (κ3) is 4.87. The number of halogens is 1. The van der Waals surface area contributed by atoms with Crippen LogP contribution in [-0.2, 0) is 18.3 Å². The zero-order valence-electron chi connectivity index (χ0n) is 18.2. The van der Waals surface area contributed by atoms with Gasteiger partial charge in [-0.2, -0.15) is 0 Å². The fraction of sp³-hybridized carbons (Fsp3) is 0.348. The Morgan fingerprint density at radius 1 is 1.09 bits per heavy atom. The highest BCUT2D eigenvalue weighted by molar-refractivity contribution is 6.30. The number of fused-ring (bicyclic) bond motifs is 1. The van der Waals surface area contributed by atoms with Crippen LogP contribution in [0.3, 0.4) is 0 Å². The van der Waals surface area contributed by atoms with Gasteiger partial charge >= 0.3 is 6.09 Å². The van der Waals surface area contributed by atoms with Gasteiger partial charge in [-0.25, -0.2) is 9.78 Å². The number of ether oxygens (including phenoxy) is 1. The molecule has 2 heterocycles. The van der Waals surface area contributed by atoms with Gasteiger partial charge in [0.1, 0.15) is 5.82 Å². The van der Waals surface area contributed by atoms with Gasteiger partial charge < -0.3 is 19.5 Å². The van der Waals surface area contributed by atoms with E-state index in [1.807, 2.05) is 32.2 Å². The van der Waals surface area contributed by atoms with Crippen molar-refractivity contribution in [3.63, 3.8) is 0 Å². The molecule has 2 aromatic carbocycles. The van der Waals surface area contributed by atoms with Crippen molar-refractivity contribution in [2.45, 2.75) is 13.5 Å². The first-order valence-electron chi connectivity index (χ1n) is 10.6. The van der Waals surface area contributed by atoms with Crippen molar-refractivity contribution in [2.24, 2.45) is 7.05 Å². The zero-order chi connectivity index (χ0) is 22.7. The highest BCUT2D eigenvalue weighted by Crippen LogP contribution is 2.22. The summed E-state index contributed by atoms with van der Waals surface area (Å²) in [6.07, 6.45) is -0.247. The number of piperazine rings is 1. The standard InChI is InChI=1S/C23H26ClN5O3/c1-3-32-23(31)29-12-10-28(11-13-29)15-21-26-19-14-18(8-9-20(19)27(21)2)25-22(30)16-4-6-17(24)7-5-16/h4-9,14H,3,10-13,15H2,1-2H3,(H,25,30). The van der Waals surface area contributed by atoms with Crippen molar-refractivity contribution >= 4 is 40.3 Å². The monoisotopic (exact) mass is 455 g/mol. The van der Waals surface area contributed by atoms with E-state index in [2.05, 4.69) is 14.8 Å². The number of hydrogen-bond acceptors (Lipinski definition) is 5. The van der Waals surface area contributed by atoms with Crippen LogP contribution in [0.4, 0.5) is 10.5 Å². The van der Waals surface area contributed by atoms with Crippen LogP contribution in [0.15, 0.2) is 42.5 Å². The van der Waals surface area contributed by atoms with Gasteiger partial charge in [0.05, 0.1) is 24.2 Å². The maximum Gasteiger partial charge on any atom is 0.409 e. The summed E-state index contributed by atoms with van der Waals surface area (Å²) >= 11 is 5.89. The summed E-state index contributed by atoms with van der Waals surface area (Å²) in [5, 5.41) is 3.50. The summed E-state index contributed by atoms with van der Waals surface area (Å²) in [5.41, 5.74) is 3.04. The molecular weight excluding hydrogens is 430 g/mol. The molecule has 0 spiro atoms. The Balaban J connectivity index is 1.42. The summed E-state index contributed by atoms with van der Waals surface area (Å²) in [7, 11) is 1.99. The number of benzene rings is 2. The van der Waals surface area contributed by atoms with Crippen molar-refractivity contribution in [2.75, 3.05) is 38.1 Å². The van der Waals surface area contributed by atoms with Gasteiger partial charge in [-0.1, -0.05) is 11.6 Å². The van der Waals surface area contributed by atoms with Crippen molar-refractivity contribution in [1.29, 1.82) is 0 Å². The Hall–Kier alpha value is -3.10. The lowest BCUT2D eigenvalue weighted by Crippen LogP contribution is -2.48. The van der Waals surface area contributed by atoms with E-state index in [0.29, 0.717) is 42.5 Å². The number of aromatic nitrogens is 2. The highest BCUT2D eigenvalue weighted by atomic mass is 35.5. The van der Waals surface area contributed by atoms with E-state index in [1.54, 1.807) is 29.2 Å². The van der Waals surface area contributed by atoms with Crippen molar-refractivity contribution < 1.29 is 14.3 Å². The number of rotatable bonds is 5. The molecule has 3 aromatic rings. The average molecular weight is 456 g/mol. The lowest BCUT2D eigenvalue weighted by molar-refractivity contribution is 0.0770. The van der Waals surface area contributed by atoms with Crippen LogP contribution in [0.1, 0.15) is 23.1 Å². The van der Waals surface area contributed by atoms with Crippen LogP contribution in [0.25, 0.3) is 11.0 Å². The quantitative estimate of drug-likeness (QED) is 0.633. The number of amides is 2. The largest absolute Gasteiger partial charge is 0.450 e. The number of imidazole rings is 1. The van der Waals surface area contributed by atoms with Gasteiger partial charge in [0.25, 0.3) is 5.91 Å². The molecule has 9 heteroatoms. The third-order valence-electron chi connectivity index (χ3n) is 5.60. The first-order chi connectivity index (χ1) is 15.4. The summed E-state index contributed by atoms with van der Waals surface area (Å²) < 4.78 is 7.15. The summed E-state index contributed by atoms with van der Waals surface area (Å²) in [4.78, 5) is 33.2. The molecule has 0 saturated carbocycles. The Kier molecular flexibility index (Phi) is 6.62. The normalized spacial score (nSPS) is 14.5. The lowest BCUT2D eigenvalue weighted by atomic mass is 10.2. The Morgan fingerprint density at radius 2 is 1.81 bits per heavy atom. The van der Waals surface area contributed by atoms with Gasteiger partial charge in [-0.3, -0.25) is 9.69 Å². The first-order valence-corrected chi connectivity index (χ1v) is 11.0. The smallest absolute Gasteiger partial charge is 0.409 e. The van der Waals surface area contributed by atoms with Crippen molar-refractivity contribution in [3.05, 3.63) is 58.9 Å². The predicted octanol–water partition coefficient (Wildman–Crippen LogP) is 3.75. The number of aryl methyl sites for hydroxylation is 1. The molecule has 1 saturated heterocycles. The second kappa shape index (κ2) is 9.58. The van der Waals surface area contributed by atoms with Crippen LogP contribution in [0.5, 0.6) is 0 Å². The minimum Gasteiger partial charge on any atom is -0.450 e. The molecule has 0 unspecified atom stereocenters. The number of nitrogens with one attached hydrogen (secondary N) is 1. The molecular formula is C23H26ClN5O3.